The second-order valence-electron chi connectivity index (χ2n) is 8.53. The van der Waals surface area contributed by atoms with Crippen molar-refractivity contribution < 1.29 is 22.7 Å². The molecule has 0 saturated carbocycles. The molecule has 0 aliphatic carbocycles. The van der Waals surface area contributed by atoms with E-state index in [9.17, 15) is 27.5 Å². The van der Waals surface area contributed by atoms with Crippen molar-refractivity contribution in [2.75, 3.05) is 0 Å². The molecule has 11 heteroatoms. The molecule has 2 N–H and O–H groups in total. The van der Waals surface area contributed by atoms with Crippen molar-refractivity contribution in [2.45, 2.75) is 26.1 Å². The van der Waals surface area contributed by atoms with Crippen LogP contribution in [-0.4, -0.2) is 24.6 Å². The quantitative estimate of drug-likeness (QED) is 0.243. The summed E-state index contributed by atoms with van der Waals surface area (Å²) in [5, 5.41) is 10.4. The minimum atomic E-state index is -4.61. The summed E-state index contributed by atoms with van der Waals surface area (Å²) in [6.45, 7) is 1.82. The average molecular weight is 541 g/mol. The van der Waals surface area contributed by atoms with Gasteiger partial charge >= 0.3 is 6.18 Å². The number of para-hydroxylation sites is 1. The SMILES string of the molecule is Cc1nc(-c2cccc(F)c2O)n(CCc2ccccc2)c(=O)c1-c1ccc(-c2cnc(C(F)(F)F)[nH]2)s1. The molecule has 6 nitrogen and oxygen atoms in total. The normalized spacial score (nSPS) is 11.7. The van der Waals surface area contributed by atoms with Gasteiger partial charge in [-0.2, -0.15) is 13.2 Å². The Hall–Kier alpha value is -4.25. The third kappa shape index (κ3) is 4.84. The Labute approximate surface area is 217 Å². The minimum Gasteiger partial charge on any atom is -0.504 e. The predicted octanol–water partition coefficient (Wildman–Crippen LogP) is 6.44. The largest absolute Gasteiger partial charge is 0.504 e. The van der Waals surface area contributed by atoms with E-state index in [1.54, 1.807) is 19.1 Å². The fourth-order valence-corrected chi connectivity index (χ4v) is 5.21. The van der Waals surface area contributed by atoms with Crippen molar-refractivity contribution in [2.24, 2.45) is 0 Å². The minimum absolute atomic E-state index is 0.0776. The van der Waals surface area contributed by atoms with E-state index in [0.29, 0.717) is 21.9 Å². The van der Waals surface area contributed by atoms with Gasteiger partial charge in [0.15, 0.2) is 11.6 Å². The zero-order chi connectivity index (χ0) is 27.0. The fourth-order valence-electron chi connectivity index (χ4n) is 4.15. The summed E-state index contributed by atoms with van der Waals surface area (Å²) in [5.41, 5.74) is 1.40. The van der Waals surface area contributed by atoms with Crippen molar-refractivity contribution in [3.8, 4) is 38.1 Å². The number of imidazole rings is 1. The van der Waals surface area contributed by atoms with Gasteiger partial charge in [-0.3, -0.25) is 9.36 Å². The maximum Gasteiger partial charge on any atom is 0.449 e. The number of phenolic OH excluding ortho intramolecular Hbond substituents is 1. The summed E-state index contributed by atoms with van der Waals surface area (Å²) < 4.78 is 54.5. The van der Waals surface area contributed by atoms with E-state index < -0.39 is 29.1 Å². The maximum atomic E-state index is 14.2. The van der Waals surface area contributed by atoms with Crippen LogP contribution in [0.15, 0.2) is 71.7 Å². The van der Waals surface area contributed by atoms with Gasteiger partial charge in [0, 0.05) is 11.4 Å². The molecule has 5 aromatic rings. The number of alkyl halides is 3. The maximum absolute atomic E-state index is 14.2. The number of thiophene rings is 1. The zero-order valence-electron chi connectivity index (χ0n) is 19.9. The Morgan fingerprint density at radius 3 is 2.47 bits per heavy atom. The number of nitrogens with zero attached hydrogens (tertiary/aromatic N) is 3. The van der Waals surface area contributed by atoms with E-state index in [2.05, 4.69) is 15.0 Å². The lowest BCUT2D eigenvalue weighted by molar-refractivity contribution is -0.144. The number of aromatic hydroxyl groups is 1. The second kappa shape index (κ2) is 9.90. The number of aromatic nitrogens is 4. The van der Waals surface area contributed by atoms with E-state index in [1.165, 1.54) is 16.7 Å². The van der Waals surface area contributed by atoms with Gasteiger partial charge in [-0.05, 0) is 43.2 Å². The molecule has 0 fully saturated rings. The zero-order valence-corrected chi connectivity index (χ0v) is 20.7. The van der Waals surface area contributed by atoms with Crippen molar-refractivity contribution in [1.82, 2.24) is 19.5 Å². The molecule has 0 bridgehead atoms. The van der Waals surface area contributed by atoms with Crippen LogP contribution in [0.25, 0.3) is 32.4 Å². The van der Waals surface area contributed by atoms with Gasteiger partial charge in [0.2, 0.25) is 5.82 Å². The lowest BCUT2D eigenvalue weighted by Crippen LogP contribution is -2.27. The van der Waals surface area contributed by atoms with Gasteiger partial charge in [-0.25, -0.2) is 14.4 Å². The standard InChI is InChI=1S/C27H20F4N4O2S/c1-15-22(21-11-10-20(38-21)19-14-32-26(34-19)27(29,30)31)25(37)35(13-12-16-6-3-2-4-7-16)24(33-15)17-8-5-9-18(28)23(17)36/h2-11,14,36H,12-13H2,1H3,(H,32,34). The molecule has 0 unspecified atom stereocenters. The third-order valence-electron chi connectivity index (χ3n) is 6.01. The molecule has 2 aromatic carbocycles. The number of H-pyrrole nitrogens is 1. The lowest BCUT2D eigenvalue weighted by Gasteiger charge is -2.16. The molecule has 0 aliphatic heterocycles. The molecule has 0 amide bonds. The number of halogens is 4. The van der Waals surface area contributed by atoms with Crippen molar-refractivity contribution in [3.63, 3.8) is 0 Å². The number of hydrogen-bond donors (Lipinski definition) is 2. The molecule has 0 aliphatic rings. The van der Waals surface area contributed by atoms with Crippen LogP contribution >= 0.6 is 11.3 Å². The smallest absolute Gasteiger partial charge is 0.449 e. The highest BCUT2D eigenvalue weighted by Gasteiger charge is 2.34. The number of phenols is 1. The summed E-state index contributed by atoms with van der Waals surface area (Å²) >= 11 is 1.12. The van der Waals surface area contributed by atoms with Gasteiger partial charge < -0.3 is 10.1 Å². The van der Waals surface area contributed by atoms with E-state index in [-0.39, 0.29) is 29.2 Å². The Bertz CT molecular complexity index is 1670. The summed E-state index contributed by atoms with van der Waals surface area (Å²) in [6, 6.07) is 16.7. The number of nitrogens with one attached hydrogen (secondary N) is 1. The Morgan fingerprint density at radius 1 is 1.03 bits per heavy atom. The number of rotatable bonds is 6. The van der Waals surface area contributed by atoms with Crippen LogP contribution in [-0.2, 0) is 19.1 Å². The van der Waals surface area contributed by atoms with E-state index in [4.69, 9.17) is 0 Å². The number of benzene rings is 2. The fraction of sp³-hybridized carbons (Fsp3) is 0.148. The Balaban J connectivity index is 1.61. The molecule has 0 spiro atoms. The monoisotopic (exact) mass is 540 g/mol. The highest BCUT2D eigenvalue weighted by molar-refractivity contribution is 7.18. The predicted molar refractivity (Wildman–Crippen MR) is 136 cm³/mol. The first-order valence-corrected chi connectivity index (χ1v) is 12.3. The molecule has 0 radical (unpaired) electrons. The molecule has 3 aromatic heterocycles. The highest BCUT2D eigenvalue weighted by atomic mass is 32.1. The molecule has 0 saturated heterocycles. The number of hydrogen-bond acceptors (Lipinski definition) is 5. The van der Waals surface area contributed by atoms with Gasteiger partial charge in [0.05, 0.1) is 33.6 Å². The molecular formula is C27H20F4N4O2S. The molecular weight excluding hydrogens is 520 g/mol. The first-order valence-electron chi connectivity index (χ1n) is 11.5. The van der Waals surface area contributed by atoms with Crippen LogP contribution in [0.5, 0.6) is 5.75 Å². The van der Waals surface area contributed by atoms with Gasteiger partial charge in [-0.15, -0.1) is 11.3 Å². The molecule has 38 heavy (non-hydrogen) atoms. The van der Waals surface area contributed by atoms with Crippen LogP contribution in [0, 0.1) is 12.7 Å². The first kappa shape index (κ1) is 25.4. The molecule has 5 rings (SSSR count). The summed E-state index contributed by atoms with van der Waals surface area (Å²) in [7, 11) is 0. The van der Waals surface area contributed by atoms with Crippen molar-refractivity contribution in [3.05, 3.63) is 100 Å². The molecule has 194 valence electrons. The van der Waals surface area contributed by atoms with Crippen LogP contribution in [0.4, 0.5) is 17.6 Å². The average Bonchev–Trinajstić information content (AvgIpc) is 3.56. The summed E-state index contributed by atoms with van der Waals surface area (Å²) in [6.07, 6.45) is -3.04. The van der Waals surface area contributed by atoms with Crippen LogP contribution in [0.2, 0.25) is 0 Å². The highest BCUT2D eigenvalue weighted by Crippen LogP contribution is 2.36. The third-order valence-corrected chi connectivity index (χ3v) is 7.14. The van der Waals surface area contributed by atoms with Crippen LogP contribution in [0.1, 0.15) is 17.1 Å². The van der Waals surface area contributed by atoms with Gasteiger partial charge in [-0.1, -0.05) is 36.4 Å². The van der Waals surface area contributed by atoms with E-state index >= 15 is 0 Å². The van der Waals surface area contributed by atoms with Crippen molar-refractivity contribution >= 4 is 11.3 Å². The van der Waals surface area contributed by atoms with E-state index in [0.717, 1.165) is 29.2 Å². The second-order valence-corrected chi connectivity index (χ2v) is 9.62. The topological polar surface area (TPSA) is 83.8 Å². The summed E-state index contributed by atoms with van der Waals surface area (Å²) in [5.74, 6) is -2.45. The summed E-state index contributed by atoms with van der Waals surface area (Å²) in [4.78, 5) is 25.1. The van der Waals surface area contributed by atoms with Gasteiger partial charge in [0.1, 0.15) is 5.82 Å². The van der Waals surface area contributed by atoms with Crippen LogP contribution in [0.3, 0.4) is 0 Å². The Kier molecular flexibility index (Phi) is 6.62. The van der Waals surface area contributed by atoms with E-state index in [1.807, 2.05) is 30.3 Å². The van der Waals surface area contributed by atoms with Crippen molar-refractivity contribution in [1.29, 1.82) is 0 Å². The number of aryl methyl sites for hydroxylation is 2. The Morgan fingerprint density at radius 2 is 1.76 bits per heavy atom. The molecule has 0 atom stereocenters. The van der Waals surface area contributed by atoms with Gasteiger partial charge in [0.25, 0.3) is 5.56 Å². The lowest BCUT2D eigenvalue weighted by atomic mass is 10.1. The van der Waals surface area contributed by atoms with Crippen LogP contribution < -0.4 is 5.56 Å². The first-order chi connectivity index (χ1) is 18.1. The molecule has 3 heterocycles. The number of aromatic amines is 1.